The number of amides is 1. The van der Waals surface area contributed by atoms with Crippen molar-refractivity contribution in [3.05, 3.63) is 0 Å². The Morgan fingerprint density at radius 3 is 2.58 bits per heavy atom. The molecule has 8 heteroatoms. The first-order valence-corrected chi connectivity index (χ1v) is 8.10. The average molecular weight is 292 g/mol. The third-order valence-corrected chi connectivity index (χ3v) is 4.73. The van der Waals surface area contributed by atoms with Crippen LogP contribution in [-0.2, 0) is 24.3 Å². The number of hydrogen-bond acceptors (Lipinski definition) is 5. The zero-order valence-electron chi connectivity index (χ0n) is 11.3. The van der Waals surface area contributed by atoms with Crippen molar-refractivity contribution in [1.29, 1.82) is 0 Å². The van der Waals surface area contributed by atoms with Crippen molar-refractivity contribution in [2.75, 3.05) is 52.3 Å². The van der Waals surface area contributed by atoms with Crippen molar-refractivity contribution >= 4 is 15.9 Å². The third-order valence-electron chi connectivity index (χ3n) is 3.48. The first kappa shape index (κ1) is 14.7. The molecule has 1 spiro atoms. The van der Waals surface area contributed by atoms with Crippen molar-refractivity contribution in [1.82, 2.24) is 9.21 Å². The summed E-state index contributed by atoms with van der Waals surface area (Å²) in [6.45, 7) is 4.04. The molecule has 0 bridgehead atoms. The number of sulfonamides is 1. The summed E-state index contributed by atoms with van der Waals surface area (Å²) in [5.41, 5.74) is -0.747. The molecule has 0 aromatic heterocycles. The van der Waals surface area contributed by atoms with Crippen molar-refractivity contribution < 1.29 is 22.7 Å². The molecule has 0 radical (unpaired) electrons. The Kier molecular flexibility index (Phi) is 4.14. The summed E-state index contributed by atoms with van der Waals surface area (Å²) < 4.78 is 36.0. The van der Waals surface area contributed by atoms with Gasteiger partial charge in [0.15, 0.2) is 0 Å². The summed E-state index contributed by atoms with van der Waals surface area (Å²) >= 11 is 0. The Hall–Kier alpha value is -0.700. The van der Waals surface area contributed by atoms with Gasteiger partial charge in [0.1, 0.15) is 5.60 Å². The first-order chi connectivity index (χ1) is 8.82. The topological polar surface area (TPSA) is 76.2 Å². The van der Waals surface area contributed by atoms with Gasteiger partial charge in [0, 0.05) is 26.6 Å². The van der Waals surface area contributed by atoms with Crippen LogP contribution in [0.2, 0.25) is 0 Å². The largest absolute Gasteiger partial charge is 0.376 e. The van der Waals surface area contributed by atoms with Gasteiger partial charge in [0.2, 0.25) is 15.9 Å². The maximum atomic E-state index is 11.7. The predicted octanol–water partition coefficient (Wildman–Crippen LogP) is -1.10. The van der Waals surface area contributed by atoms with Crippen LogP contribution in [-0.4, -0.2) is 81.4 Å². The highest BCUT2D eigenvalue weighted by Crippen LogP contribution is 2.24. The zero-order chi connectivity index (χ0) is 14.1. The van der Waals surface area contributed by atoms with Crippen molar-refractivity contribution in [3.63, 3.8) is 0 Å². The van der Waals surface area contributed by atoms with Gasteiger partial charge < -0.3 is 14.4 Å². The SMILES string of the molecule is CC(=O)N1CCOCC2(C1)CN(S(C)(=O)=O)CCO2. The smallest absolute Gasteiger partial charge is 0.219 e. The maximum Gasteiger partial charge on any atom is 0.219 e. The molecule has 110 valence electrons. The zero-order valence-corrected chi connectivity index (χ0v) is 12.1. The molecule has 1 atom stereocenters. The molecule has 1 amide bonds. The van der Waals surface area contributed by atoms with Gasteiger partial charge >= 0.3 is 0 Å². The molecule has 2 aliphatic heterocycles. The molecule has 0 saturated carbocycles. The van der Waals surface area contributed by atoms with Crippen LogP contribution >= 0.6 is 0 Å². The van der Waals surface area contributed by atoms with Crippen LogP contribution in [0.5, 0.6) is 0 Å². The predicted molar refractivity (Wildman–Crippen MR) is 68.2 cm³/mol. The van der Waals surface area contributed by atoms with Gasteiger partial charge in [-0.1, -0.05) is 0 Å². The van der Waals surface area contributed by atoms with Crippen LogP contribution in [0.4, 0.5) is 0 Å². The Balaban J connectivity index is 2.17. The summed E-state index contributed by atoms with van der Waals surface area (Å²) in [6, 6.07) is 0. The van der Waals surface area contributed by atoms with E-state index in [1.54, 1.807) is 4.90 Å². The molecule has 2 heterocycles. The van der Waals surface area contributed by atoms with Crippen molar-refractivity contribution in [3.8, 4) is 0 Å². The van der Waals surface area contributed by atoms with E-state index in [0.29, 0.717) is 39.5 Å². The van der Waals surface area contributed by atoms with E-state index in [1.165, 1.54) is 17.5 Å². The number of morpholine rings is 1. The van der Waals surface area contributed by atoms with E-state index >= 15 is 0 Å². The summed E-state index contributed by atoms with van der Waals surface area (Å²) in [6.07, 6.45) is 1.19. The number of ether oxygens (including phenoxy) is 2. The highest BCUT2D eigenvalue weighted by atomic mass is 32.2. The number of carbonyl (C=O) groups is 1. The van der Waals surface area contributed by atoms with Gasteiger partial charge in [-0.05, 0) is 0 Å². The summed E-state index contributed by atoms with van der Waals surface area (Å²) in [5, 5.41) is 0. The molecule has 2 fully saturated rings. The molecule has 2 saturated heterocycles. The second-order valence-corrected chi connectivity index (χ2v) is 7.10. The van der Waals surface area contributed by atoms with Gasteiger partial charge in [0.05, 0.1) is 32.6 Å². The lowest BCUT2D eigenvalue weighted by atomic mass is 10.0. The fraction of sp³-hybridized carbons (Fsp3) is 0.909. The number of hydrogen-bond donors (Lipinski definition) is 0. The molecular weight excluding hydrogens is 272 g/mol. The van der Waals surface area contributed by atoms with E-state index in [-0.39, 0.29) is 12.5 Å². The number of rotatable bonds is 1. The second-order valence-electron chi connectivity index (χ2n) is 5.12. The van der Waals surface area contributed by atoms with Gasteiger partial charge in [0.25, 0.3) is 0 Å². The highest BCUT2D eigenvalue weighted by Gasteiger charge is 2.43. The first-order valence-electron chi connectivity index (χ1n) is 6.25. The molecule has 0 N–H and O–H groups in total. The molecular formula is C11H20N2O5S. The van der Waals surface area contributed by atoms with Crippen LogP contribution in [0.3, 0.4) is 0 Å². The van der Waals surface area contributed by atoms with E-state index in [2.05, 4.69) is 0 Å². The maximum absolute atomic E-state index is 11.7. The Bertz CT molecular complexity index is 452. The van der Waals surface area contributed by atoms with Crippen LogP contribution in [0.15, 0.2) is 0 Å². The van der Waals surface area contributed by atoms with E-state index in [0.717, 1.165) is 0 Å². The van der Waals surface area contributed by atoms with E-state index in [9.17, 15) is 13.2 Å². The molecule has 2 aliphatic rings. The van der Waals surface area contributed by atoms with Gasteiger partial charge in [-0.25, -0.2) is 8.42 Å². The van der Waals surface area contributed by atoms with Crippen LogP contribution < -0.4 is 0 Å². The molecule has 0 aromatic rings. The quantitative estimate of drug-likeness (QED) is 0.613. The number of carbonyl (C=O) groups excluding carboxylic acids is 1. The number of nitrogens with zero attached hydrogens (tertiary/aromatic N) is 2. The minimum atomic E-state index is -3.26. The lowest BCUT2D eigenvalue weighted by Crippen LogP contribution is -2.60. The lowest BCUT2D eigenvalue weighted by Gasteiger charge is -2.42. The average Bonchev–Trinajstić information content (AvgIpc) is 2.51. The monoisotopic (exact) mass is 292 g/mol. The lowest BCUT2D eigenvalue weighted by molar-refractivity contribution is -0.142. The second kappa shape index (κ2) is 5.35. The summed E-state index contributed by atoms with van der Waals surface area (Å²) in [7, 11) is -3.26. The van der Waals surface area contributed by atoms with Crippen molar-refractivity contribution in [2.24, 2.45) is 0 Å². The molecule has 19 heavy (non-hydrogen) atoms. The molecule has 1 unspecified atom stereocenters. The molecule has 0 aromatic carbocycles. The minimum absolute atomic E-state index is 0.0510. The van der Waals surface area contributed by atoms with E-state index < -0.39 is 15.6 Å². The van der Waals surface area contributed by atoms with E-state index in [4.69, 9.17) is 9.47 Å². The van der Waals surface area contributed by atoms with Gasteiger partial charge in [-0.3, -0.25) is 4.79 Å². The summed E-state index contributed by atoms with van der Waals surface area (Å²) in [5.74, 6) is -0.0510. The van der Waals surface area contributed by atoms with Crippen molar-refractivity contribution in [2.45, 2.75) is 12.5 Å². The Morgan fingerprint density at radius 1 is 1.21 bits per heavy atom. The third kappa shape index (κ3) is 3.44. The fourth-order valence-electron chi connectivity index (χ4n) is 2.45. The van der Waals surface area contributed by atoms with Crippen LogP contribution in [0.1, 0.15) is 6.92 Å². The highest BCUT2D eigenvalue weighted by molar-refractivity contribution is 7.88. The standard InChI is InChI=1S/C11H20N2O5S/c1-10(14)12-3-5-17-9-11(7-12)8-13(4-6-18-11)19(2,15)16/h3-9H2,1-2H3. The minimum Gasteiger partial charge on any atom is -0.376 e. The summed E-state index contributed by atoms with van der Waals surface area (Å²) in [4.78, 5) is 13.2. The van der Waals surface area contributed by atoms with Crippen LogP contribution in [0, 0.1) is 0 Å². The van der Waals surface area contributed by atoms with Gasteiger partial charge in [-0.2, -0.15) is 4.31 Å². The molecule has 7 nitrogen and oxygen atoms in total. The van der Waals surface area contributed by atoms with Gasteiger partial charge in [-0.15, -0.1) is 0 Å². The molecule has 0 aliphatic carbocycles. The van der Waals surface area contributed by atoms with Crippen LogP contribution in [0.25, 0.3) is 0 Å². The Labute approximate surface area is 113 Å². The molecule has 2 rings (SSSR count). The Morgan fingerprint density at radius 2 is 1.95 bits per heavy atom. The normalized spacial score (nSPS) is 30.3. The van der Waals surface area contributed by atoms with E-state index in [1.807, 2.05) is 0 Å². The fourth-order valence-corrected chi connectivity index (χ4v) is 3.33.